The van der Waals surface area contributed by atoms with Crippen LogP contribution >= 0.6 is 0 Å². The first-order chi connectivity index (χ1) is 13.9. The molecule has 0 saturated carbocycles. The second kappa shape index (κ2) is 7.85. The lowest BCUT2D eigenvalue weighted by Crippen LogP contribution is -2.46. The SMILES string of the molecule is O=C(CCc1ccccc1C(F)(F)F)N1CCC2(CCCc3ccccc32)CC1. The number of hydrogen-bond acceptors (Lipinski definition) is 1. The summed E-state index contributed by atoms with van der Waals surface area (Å²) in [5.74, 6) is -0.0408. The van der Waals surface area contributed by atoms with Crippen LogP contribution in [-0.2, 0) is 29.2 Å². The zero-order valence-corrected chi connectivity index (χ0v) is 16.5. The molecule has 0 aromatic heterocycles. The lowest BCUT2D eigenvalue weighted by Gasteiger charge is -2.45. The van der Waals surface area contributed by atoms with Crippen LogP contribution in [0.5, 0.6) is 0 Å². The Morgan fingerprint density at radius 1 is 0.966 bits per heavy atom. The number of halogens is 3. The van der Waals surface area contributed by atoms with E-state index < -0.39 is 11.7 Å². The highest BCUT2D eigenvalue weighted by atomic mass is 19.4. The summed E-state index contributed by atoms with van der Waals surface area (Å²) < 4.78 is 39.5. The fraction of sp³-hybridized carbons (Fsp3) is 0.458. The Hall–Kier alpha value is -2.30. The summed E-state index contributed by atoms with van der Waals surface area (Å²) >= 11 is 0. The van der Waals surface area contributed by atoms with E-state index in [4.69, 9.17) is 0 Å². The molecule has 1 aliphatic heterocycles. The van der Waals surface area contributed by atoms with Crippen molar-refractivity contribution in [1.29, 1.82) is 0 Å². The van der Waals surface area contributed by atoms with Crippen molar-refractivity contribution < 1.29 is 18.0 Å². The quantitative estimate of drug-likeness (QED) is 0.662. The summed E-state index contributed by atoms with van der Waals surface area (Å²) in [5.41, 5.74) is 2.60. The van der Waals surface area contributed by atoms with Gasteiger partial charge in [0.2, 0.25) is 5.91 Å². The normalized spacial score (nSPS) is 18.5. The average molecular weight is 401 g/mol. The largest absolute Gasteiger partial charge is 0.416 e. The molecule has 2 aromatic rings. The van der Waals surface area contributed by atoms with Crippen molar-refractivity contribution in [2.75, 3.05) is 13.1 Å². The maximum atomic E-state index is 13.2. The number of hydrogen-bond donors (Lipinski definition) is 0. The van der Waals surface area contributed by atoms with Gasteiger partial charge < -0.3 is 4.90 Å². The highest BCUT2D eigenvalue weighted by Gasteiger charge is 2.40. The zero-order valence-electron chi connectivity index (χ0n) is 16.5. The Balaban J connectivity index is 1.39. The van der Waals surface area contributed by atoms with Crippen LogP contribution in [0.3, 0.4) is 0 Å². The van der Waals surface area contributed by atoms with E-state index in [2.05, 4.69) is 24.3 Å². The number of amides is 1. The molecule has 1 saturated heterocycles. The zero-order chi connectivity index (χ0) is 20.5. The molecule has 5 heteroatoms. The standard InChI is InChI=1S/C24H26F3NO/c25-24(26,27)21-10-4-2-7-19(21)11-12-22(29)28-16-14-23(15-17-28)13-5-8-18-6-1-3-9-20(18)23/h1-4,6-7,9-10H,5,8,11-17H2. The first kappa shape index (κ1) is 20.0. The first-order valence-electron chi connectivity index (χ1n) is 10.4. The van der Waals surface area contributed by atoms with Crippen LogP contribution in [0.1, 0.15) is 54.4 Å². The molecular weight excluding hydrogens is 375 g/mol. The highest BCUT2D eigenvalue weighted by Crippen LogP contribution is 2.44. The van der Waals surface area contributed by atoms with Gasteiger partial charge in [-0.3, -0.25) is 4.79 Å². The number of aryl methyl sites for hydroxylation is 2. The molecule has 1 spiro atoms. The van der Waals surface area contributed by atoms with E-state index in [1.807, 2.05) is 4.90 Å². The van der Waals surface area contributed by atoms with Crippen LogP contribution in [0.25, 0.3) is 0 Å². The second-order valence-electron chi connectivity index (χ2n) is 8.33. The number of nitrogens with zero attached hydrogens (tertiary/aromatic N) is 1. The van der Waals surface area contributed by atoms with Gasteiger partial charge in [-0.1, -0.05) is 42.5 Å². The fourth-order valence-electron chi connectivity index (χ4n) is 5.13. The minimum absolute atomic E-state index is 0.0408. The summed E-state index contributed by atoms with van der Waals surface area (Å²) in [4.78, 5) is 14.5. The lowest BCUT2D eigenvalue weighted by atomic mass is 9.65. The van der Waals surface area contributed by atoms with E-state index in [-0.39, 0.29) is 29.7 Å². The molecule has 0 bridgehead atoms. The molecule has 2 aliphatic rings. The van der Waals surface area contributed by atoms with Crippen LogP contribution < -0.4 is 0 Å². The van der Waals surface area contributed by atoms with Gasteiger partial charge in [-0.2, -0.15) is 13.2 Å². The second-order valence-corrected chi connectivity index (χ2v) is 8.33. The fourth-order valence-corrected chi connectivity index (χ4v) is 5.13. The van der Waals surface area contributed by atoms with E-state index in [9.17, 15) is 18.0 Å². The number of piperidine rings is 1. The predicted octanol–water partition coefficient (Wildman–Crippen LogP) is 5.53. The molecule has 1 heterocycles. The molecule has 4 rings (SSSR count). The third-order valence-electron chi connectivity index (χ3n) is 6.69. The van der Waals surface area contributed by atoms with Crippen molar-refractivity contribution in [2.24, 2.45) is 0 Å². The molecular formula is C24H26F3NO. The number of benzene rings is 2. The summed E-state index contributed by atoms with van der Waals surface area (Å²) in [7, 11) is 0. The highest BCUT2D eigenvalue weighted by molar-refractivity contribution is 5.76. The smallest absolute Gasteiger partial charge is 0.343 e. The van der Waals surface area contributed by atoms with Crippen molar-refractivity contribution in [3.05, 3.63) is 70.8 Å². The van der Waals surface area contributed by atoms with E-state index in [1.165, 1.54) is 29.7 Å². The molecule has 1 fully saturated rings. The van der Waals surface area contributed by atoms with Gasteiger partial charge in [-0.15, -0.1) is 0 Å². The maximum Gasteiger partial charge on any atom is 0.416 e. The van der Waals surface area contributed by atoms with Gasteiger partial charge in [0.15, 0.2) is 0 Å². The third kappa shape index (κ3) is 4.05. The summed E-state index contributed by atoms with van der Waals surface area (Å²) in [6.07, 6.45) is 1.20. The van der Waals surface area contributed by atoms with Crippen LogP contribution in [0.15, 0.2) is 48.5 Å². The average Bonchev–Trinajstić information content (AvgIpc) is 2.72. The van der Waals surface area contributed by atoms with E-state index in [0.717, 1.165) is 31.7 Å². The van der Waals surface area contributed by atoms with Gasteiger partial charge in [-0.25, -0.2) is 0 Å². The van der Waals surface area contributed by atoms with Crippen LogP contribution in [0.2, 0.25) is 0 Å². The first-order valence-corrected chi connectivity index (χ1v) is 10.4. The van der Waals surface area contributed by atoms with Crippen LogP contribution in [0.4, 0.5) is 13.2 Å². The number of carbonyl (C=O) groups is 1. The molecule has 29 heavy (non-hydrogen) atoms. The van der Waals surface area contributed by atoms with Crippen molar-refractivity contribution >= 4 is 5.91 Å². The number of alkyl halides is 3. The Kier molecular flexibility index (Phi) is 5.41. The lowest BCUT2D eigenvalue weighted by molar-refractivity contribution is -0.139. The van der Waals surface area contributed by atoms with Gasteiger partial charge in [0, 0.05) is 19.5 Å². The van der Waals surface area contributed by atoms with Gasteiger partial charge in [0.05, 0.1) is 5.56 Å². The number of likely N-dealkylation sites (tertiary alicyclic amines) is 1. The Morgan fingerprint density at radius 3 is 2.41 bits per heavy atom. The monoisotopic (exact) mass is 401 g/mol. The van der Waals surface area contributed by atoms with Gasteiger partial charge in [-0.05, 0) is 66.7 Å². The predicted molar refractivity (Wildman–Crippen MR) is 107 cm³/mol. The molecule has 154 valence electrons. The topological polar surface area (TPSA) is 20.3 Å². The molecule has 0 N–H and O–H groups in total. The minimum Gasteiger partial charge on any atom is -0.343 e. The Morgan fingerprint density at radius 2 is 1.66 bits per heavy atom. The molecule has 2 aromatic carbocycles. The van der Waals surface area contributed by atoms with E-state index >= 15 is 0 Å². The van der Waals surface area contributed by atoms with Gasteiger partial charge >= 0.3 is 6.18 Å². The van der Waals surface area contributed by atoms with Crippen LogP contribution in [-0.4, -0.2) is 23.9 Å². The molecule has 1 aliphatic carbocycles. The molecule has 0 atom stereocenters. The molecule has 1 amide bonds. The Labute approximate surface area is 169 Å². The van der Waals surface area contributed by atoms with Crippen molar-refractivity contribution in [3.8, 4) is 0 Å². The Bertz CT molecular complexity index is 882. The number of fused-ring (bicyclic) bond motifs is 2. The summed E-state index contributed by atoms with van der Waals surface area (Å²) in [6, 6.07) is 14.2. The number of rotatable bonds is 3. The molecule has 0 radical (unpaired) electrons. The van der Waals surface area contributed by atoms with E-state index in [1.54, 1.807) is 6.07 Å². The third-order valence-corrected chi connectivity index (χ3v) is 6.69. The van der Waals surface area contributed by atoms with Crippen molar-refractivity contribution in [3.63, 3.8) is 0 Å². The van der Waals surface area contributed by atoms with Gasteiger partial charge in [0.1, 0.15) is 0 Å². The summed E-state index contributed by atoms with van der Waals surface area (Å²) in [5, 5.41) is 0. The summed E-state index contributed by atoms with van der Waals surface area (Å²) in [6.45, 7) is 1.38. The maximum absolute atomic E-state index is 13.2. The van der Waals surface area contributed by atoms with Crippen molar-refractivity contribution in [2.45, 2.75) is 56.5 Å². The number of carbonyl (C=O) groups excluding carboxylic acids is 1. The molecule has 2 nitrogen and oxygen atoms in total. The molecule has 0 unspecified atom stereocenters. The van der Waals surface area contributed by atoms with Crippen LogP contribution in [0, 0.1) is 0 Å². The van der Waals surface area contributed by atoms with Gasteiger partial charge in [0.25, 0.3) is 0 Å². The minimum atomic E-state index is -4.38. The van der Waals surface area contributed by atoms with E-state index in [0.29, 0.717) is 13.1 Å². The van der Waals surface area contributed by atoms with Crippen molar-refractivity contribution in [1.82, 2.24) is 4.90 Å².